The van der Waals surface area contributed by atoms with Crippen molar-refractivity contribution in [1.82, 2.24) is 5.32 Å². The molecule has 0 spiro atoms. The molecule has 1 unspecified atom stereocenters. The van der Waals surface area contributed by atoms with Crippen LogP contribution in [0.3, 0.4) is 0 Å². The molecule has 1 rings (SSSR count). The molecule has 1 heterocycles. The highest BCUT2D eigenvalue weighted by Gasteiger charge is 2.04. The summed E-state index contributed by atoms with van der Waals surface area (Å²) in [6.45, 7) is 5.00. The maximum absolute atomic E-state index is 3.82. The van der Waals surface area contributed by atoms with Gasteiger partial charge >= 0.3 is 0 Å². The lowest BCUT2D eigenvalue weighted by molar-refractivity contribution is 0.547. The zero-order chi connectivity index (χ0) is 7.94. The Balaban J connectivity index is 2.24. The number of hydrogen-bond donors (Lipinski definition) is 1. The van der Waals surface area contributed by atoms with Crippen molar-refractivity contribution in [3.8, 4) is 0 Å². The zero-order valence-corrected chi connectivity index (χ0v) is 7.31. The van der Waals surface area contributed by atoms with Gasteiger partial charge < -0.3 is 5.32 Å². The molecule has 0 bridgehead atoms. The molecule has 0 aromatic rings. The Morgan fingerprint density at radius 2 is 1.82 bits per heavy atom. The molecule has 0 aromatic carbocycles. The summed E-state index contributed by atoms with van der Waals surface area (Å²) in [7, 11) is 0. The van der Waals surface area contributed by atoms with Gasteiger partial charge in [-0.15, -0.1) is 6.58 Å². The highest BCUT2D eigenvalue weighted by molar-refractivity contribution is 4.85. The molecule has 1 atom stereocenters. The predicted molar refractivity (Wildman–Crippen MR) is 49.7 cm³/mol. The highest BCUT2D eigenvalue weighted by Crippen LogP contribution is 2.10. The van der Waals surface area contributed by atoms with Crippen molar-refractivity contribution >= 4 is 0 Å². The minimum Gasteiger partial charge on any atom is -0.311 e. The second-order valence-corrected chi connectivity index (χ2v) is 3.35. The Bertz CT molecular complexity index is 99.4. The average molecular weight is 153 g/mol. The zero-order valence-electron chi connectivity index (χ0n) is 7.31. The average Bonchev–Trinajstić information content (AvgIpc) is 2.16. The molecule has 64 valence electrons. The summed E-state index contributed by atoms with van der Waals surface area (Å²) in [5.41, 5.74) is 0. The van der Waals surface area contributed by atoms with E-state index in [4.69, 9.17) is 0 Å². The second-order valence-electron chi connectivity index (χ2n) is 3.35. The summed E-state index contributed by atoms with van der Waals surface area (Å²) < 4.78 is 0. The molecular formula is C10H19N. The standard InChI is InChI=1S/C10H19N/c1-2-10-8-6-4-3-5-7-9-11-10/h2,10-11H,1,3-9H2. The van der Waals surface area contributed by atoms with Gasteiger partial charge in [0.15, 0.2) is 0 Å². The second kappa shape index (κ2) is 5.36. The van der Waals surface area contributed by atoms with Gasteiger partial charge in [-0.3, -0.25) is 0 Å². The van der Waals surface area contributed by atoms with Crippen LogP contribution in [-0.4, -0.2) is 12.6 Å². The Hall–Kier alpha value is -0.300. The van der Waals surface area contributed by atoms with Crippen molar-refractivity contribution in [3.05, 3.63) is 12.7 Å². The third-order valence-corrected chi connectivity index (χ3v) is 2.38. The van der Waals surface area contributed by atoms with E-state index in [1.807, 2.05) is 6.08 Å². The third kappa shape index (κ3) is 3.57. The summed E-state index contributed by atoms with van der Waals surface area (Å²) >= 11 is 0. The molecule has 1 nitrogen and oxygen atoms in total. The van der Waals surface area contributed by atoms with Crippen LogP contribution in [0, 0.1) is 0 Å². The number of nitrogens with one attached hydrogen (secondary N) is 1. The summed E-state index contributed by atoms with van der Waals surface area (Å²) in [6, 6.07) is 0.577. The summed E-state index contributed by atoms with van der Waals surface area (Å²) in [5.74, 6) is 0. The molecule has 1 aliphatic heterocycles. The normalized spacial score (nSPS) is 28.2. The van der Waals surface area contributed by atoms with Gasteiger partial charge in [0.2, 0.25) is 0 Å². The van der Waals surface area contributed by atoms with E-state index in [0.717, 1.165) is 0 Å². The van der Waals surface area contributed by atoms with Crippen LogP contribution >= 0.6 is 0 Å². The molecule has 0 saturated carbocycles. The molecule has 1 saturated heterocycles. The fourth-order valence-electron chi connectivity index (χ4n) is 1.61. The molecule has 0 amide bonds. The van der Waals surface area contributed by atoms with E-state index in [1.54, 1.807) is 0 Å². The van der Waals surface area contributed by atoms with E-state index in [0.29, 0.717) is 6.04 Å². The fourth-order valence-corrected chi connectivity index (χ4v) is 1.61. The monoisotopic (exact) mass is 153 g/mol. The Labute approximate surface area is 69.9 Å². The topological polar surface area (TPSA) is 12.0 Å². The van der Waals surface area contributed by atoms with Gasteiger partial charge in [-0.2, -0.15) is 0 Å². The van der Waals surface area contributed by atoms with E-state index in [2.05, 4.69) is 11.9 Å². The van der Waals surface area contributed by atoms with Gasteiger partial charge in [-0.05, 0) is 19.4 Å². The molecule has 1 fully saturated rings. The maximum Gasteiger partial charge on any atom is 0.0247 e. The first-order valence-electron chi connectivity index (χ1n) is 4.79. The lowest BCUT2D eigenvalue weighted by Crippen LogP contribution is -2.27. The molecule has 0 aliphatic carbocycles. The summed E-state index contributed by atoms with van der Waals surface area (Å²) in [6.07, 6.45) is 10.3. The highest BCUT2D eigenvalue weighted by atomic mass is 14.9. The van der Waals surface area contributed by atoms with E-state index < -0.39 is 0 Å². The van der Waals surface area contributed by atoms with Crippen molar-refractivity contribution in [2.45, 2.75) is 44.6 Å². The molecule has 0 aromatic heterocycles. The molecule has 1 aliphatic rings. The van der Waals surface area contributed by atoms with Crippen LogP contribution in [0.15, 0.2) is 12.7 Å². The van der Waals surface area contributed by atoms with E-state index in [1.165, 1.54) is 45.1 Å². The van der Waals surface area contributed by atoms with E-state index in [-0.39, 0.29) is 0 Å². The van der Waals surface area contributed by atoms with Gasteiger partial charge in [-0.25, -0.2) is 0 Å². The van der Waals surface area contributed by atoms with E-state index >= 15 is 0 Å². The van der Waals surface area contributed by atoms with Crippen LogP contribution in [0.25, 0.3) is 0 Å². The first kappa shape index (κ1) is 8.79. The number of hydrogen-bond acceptors (Lipinski definition) is 1. The quantitative estimate of drug-likeness (QED) is 0.571. The van der Waals surface area contributed by atoms with Crippen molar-refractivity contribution < 1.29 is 0 Å². The van der Waals surface area contributed by atoms with Crippen LogP contribution in [0.2, 0.25) is 0 Å². The van der Waals surface area contributed by atoms with Gasteiger partial charge in [0.05, 0.1) is 0 Å². The smallest absolute Gasteiger partial charge is 0.0247 e. The van der Waals surface area contributed by atoms with Gasteiger partial charge in [0.1, 0.15) is 0 Å². The Morgan fingerprint density at radius 1 is 1.09 bits per heavy atom. The first-order valence-corrected chi connectivity index (χ1v) is 4.79. The van der Waals surface area contributed by atoms with Gasteiger partial charge in [0, 0.05) is 6.04 Å². The largest absolute Gasteiger partial charge is 0.311 e. The van der Waals surface area contributed by atoms with Crippen molar-refractivity contribution in [3.63, 3.8) is 0 Å². The lowest BCUT2D eigenvalue weighted by Gasteiger charge is -2.11. The van der Waals surface area contributed by atoms with Crippen LogP contribution in [0.5, 0.6) is 0 Å². The molecule has 0 radical (unpaired) electrons. The fraction of sp³-hybridized carbons (Fsp3) is 0.800. The minimum atomic E-state index is 0.577. The summed E-state index contributed by atoms with van der Waals surface area (Å²) in [5, 5.41) is 3.49. The van der Waals surface area contributed by atoms with Crippen LogP contribution in [0.4, 0.5) is 0 Å². The van der Waals surface area contributed by atoms with Gasteiger partial charge in [-0.1, -0.05) is 31.8 Å². The number of rotatable bonds is 1. The third-order valence-electron chi connectivity index (χ3n) is 2.38. The Morgan fingerprint density at radius 3 is 2.64 bits per heavy atom. The molecule has 1 N–H and O–H groups in total. The van der Waals surface area contributed by atoms with Crippen LogP contribution < -0.4 is 5.32 Å². The molecular weight excluding hydrogens is 134 g/mol. The molecule has 1 heteroatoms. The van der Waals surface area contributed by atoms with Crippen molar-refractivity contribution in [2.75, 3.05) is 6.54 Å². The van der Waals surface area contributed by atoms with Crippen molar-refractivity contribution in [1.29, 1.82) is 0 Å². The predicted octanol–water partition coefficient (Wildman–Crippen LogP) is 2.48. The van der Waals surface area contributed by atoms with Gasteiger partial charge in [0.25, 0.3) is 0 Å². The summed E-state index contributed by atoms with van der Waals surface area (Å²) in [4.78, 5) is 0. The maximum atomic E-state index is 3.82. The van der Waals surface area contributed by atoms with E-state index in [9.17, 15) is 0 Å². The van der Waals surface area contributed by atoms with Crippen LogP contribution in [-0.2, 0) is 0 Å². The van der Waals surface area contributed by atoms with Crippen LogP contribution in [0.1, 0.15) is 38.5 Å². The Kier molecular flexibility index (Phi) is 4.29. The first-order chi connectivity index (χ1) is 5.43. The SMILES string of the molecule is C=CC1CCCCCCCN1. The molecule has 11 heavy (non-hydrogen) atoms. The van der Waals surface area contributed by atoms with Crippen molar-refractivity contribution in [2.24, 2.45) is 0 Å². The minimum absolute atomic E-state index is 0.577. The lowest BCUT2D eigenvalue weighted by atomic mass is 10.1.